The maximum atomic E-state index is 14.4. The van der Waals surface area contributed by atoms with E-state index in [0.717, 1.165) is 24.8 Å². The summed E-state index contributed by atoms with van der Waals surface area (Å²) >= 11 is 0. The Morgan fingerprint density at radius 1 is 1.02 bits per heavy atom. The summed E-state index contributed by atoms with van der Waals surface area (Å²) in [5, 5.41) is 15.8. The molecule has 1 heterocycles. The minimum absolute atomic E-state index is 0.0194. The van der Waals surface area contributed by atoms with Crippen molar-refractivity contribution in [2.45, 2.75) is 64.7 Å². The molecule has 11 heteroatoms. The summed E-state index contributed by atoms with van der Waals surface area (Å²) < 4.78 is 17.9. The zero-order chi connectivity index (χ0) is 35.3. The van der Waals surface area contributed by atoms with Gasteiger partial charge in [0.25, 0.3) is 5.91 Å². The van der Waals surface area contributed by atoms with Gasteiger partial charge in [-0.2, -0.15) is 0 Å². The second-order valence-corrected chi connectivity index (χ2v) is 12.8. The summed E-state index contributed by atoms with van der Waals surface area (Å²) in [6, 6.07) is 20.6. The summed E-state index contributed by atoms with van der Waals surface area (Å²) in [6.45, 7) is 6.61. The fourth-order valence-electron chi connectivity index (χ4n) is 5.71. The van der Waals surface area contributed by atoms with E-state index in [1.165, 1.54) is 0 Å². The number of nitrogens with one attached hydrogen (secondary N) is 2. The number of aliphatic hydroxyl groups excluding tert-OH is 1. The van der Waals surface area contributed by atoms with E-state index in [1.807, 2.05) is 44.2 Å². The standard InChI is InChI=1S/C38H50N4O7/c1-26-23-42(27(2)25-43)37(45)33-22-31(40-38(46)39-30-14-17-32(47-5)18-15-30)16-19-34(33)49-28(3)11-9-10-20-48-35(26)24-41(4)36(44)21-29-12-7-6-8-13-29/h6-8,12-19,22,26-28,35,43H,9-11,20-21,23-25H2,1-5H3,(H2,39,40,46)/t26-,27+,28-,35-/m0/s1. The van der Waals surface area contributed by atoms with Crippen LogP contribution in [0.15, 0.2) is 72.8 Å². The van der Waals surface area contributed by atoms with Crippen LogP contribution in [-0.4, -0.2) is 91.5 Å². The molecule has 3 aromatic rings. The maximum absolute atomic E-state index is 14.4. The van der Waals surface area contributed by atoms with E-state index in [4.69, 9.17) is 14.2 Å². The van der Waals surface area contributed by atoms with Crippen molar-refractivity contribution < 1.29 is 33.7 Å². The Morgan fingerprint density at radius 2 is 1.71 bits per heavy atom. The third-order valence-electron chi connectivity index (χ3n) is 8.74. The lowest BCUT2D eigenvalue weighted by molar-refractivity contribution is -0.131. The van der Waals surface area contributed by atoms with Gasteiger partial charge >= 0.3 is 6.03 Å². The van der Waals surface area contributed by atoms with Crippen LogP contribution in [-0.2, 0) is 16.0 Å². The number of hydrogen-bond donors (Lipinski definition) is 3. The fourth-order valence-corrected chi connectivity index (χ4v) is 5.71. The first-order valence-electron chi connectivity index (χ1n) is 16.9. The third kappa shape index (κ3) is 11.0. The first-order chi connectivity index (χ1) is 23.6. The number of likely N-dealkylation sites (N-methyl/N-ethyl adjacent to an activating group) is 1. The van der Waals surface area contributed by atoms with Crippen LogP contribution in [0.4, 0.5) is 16.2 Å². The van der Waals surface area contributed by atoms with E-state index in [2.05, 4.69) is 10.6 Å². The SMILES string of the molecule is COc1ccc(NC(=O)Nc2ccc3c(c2)C(=O)N([C@H](C)CO)C[C@H](C)[C@H](CN(C)C(=O)Cc2ccccc2)OCCCC[C@H](C)O3)cc1. The molecule has 0 saturated carbocycles. The molecule has 264 valence electrons. The fraction of sp³-hybridized carbons (Fsp3) is 0.447. The first-order valence-corrected chi connectivity index (χ1v) is 16.9. The smallest absolute Gasteiger partial charge is 0.323 e. The summed E-state index contributed by atoms with van der Waals surface area (Å²) in [7, 11) is 3.35. The Kier molecular flexibility index (Phi) is 13.8. The van der Waals surface area contributed by atoms with Crippen molar-refractivity contribution in [1.82, 2.24) is 9.80 Å². The zero-order valence-electron chi connectivity index (χ0n) is 29.2. The second kappa shape index (κ2) is 18.2. The summed E-state index contributed by atoms with van der Waals surface area (Å²) in [6.07, 6.45) is 2.16. The molecule has 4 atom stereocenters. The highest BCUT2D eigenvalue weighted by molar-refractivity contribution is 6.02. The molecule has 0 saturated heterocycles. The van der Waals surface area contributed by atoms with Gasteiger partial charge in [-0.05, 0) is 81.1 Å². The number of carbonyl (C=O) groups is 3. The van der Waals surface area contributed by atoms with Crippen LogP contribution in [0, 0.1) is 5.92 Å². The molecule has 4 rings (SSSR count). The number of carbonyl (C=O) groups excluding carboxylic acids is 3. The molecule has 0 aliphatic carbocycles. The van der Waals surface area contributed by atoms with E-state index in [1.54, 1.807) is 73.3 Å². The lowest BCUT2D eigenvalue weighted by atomic mass is 10.0. The minimum atomic E-state index is -0.527. The van der Waals surface area contributed by atoms with Crippen molar-refractivity contribution in [2.24, 2.45) is 5.92 Å². The molecule has 3 N–H and O–H groups in total. The molecule has 0 aromatic heterocycles. The molecule has 4 amide bonds. The molecule has 0 fully saturated rings. The summed E-state index contributed by atoms with van der Waals surface area (Å²) in [5.41, 5.74) is 2.19. The molecule has 3 aromatic carbocycles. The third-order valence-corrected chi connectivity index (χ3v) is 8.74. The average Bonchev–Trinajstić information content (AvgIpc) is 3.10. The normalized spacial score (nSPS) is 19.4. The number of fused-ring (bicyclic) bond motifs is 1. The molecule has 49 heavy (non-hydrogen) atoms. The molecule has 1 aliphatic rings. The topological polar surface area (TPSA) is 130 Å². The number of benzene rings is 3. The van der Waals surface area contributed by atoms with Gasteiger partial charge in [0.05, 0.1) is 44.0 Å². The van der Waals surface area contributed by atoms with Gasteiger partial charge in [0, 0.05) is 44.0 Å². The number of aliphatic hydroxyl groups is 1. The molecule has 11 nitrogen and oxygen atoms in total. The van der Waals surface area contributed by atoms with Gasteiger partial charge in [-0.1, -0.05) is 37.3 Å². The van der Waals surface area contributed by atoms with Crippen molar-refractivity contribution in [2.75, 3.05) is 51.1 Å². The number of anilines is 2. The van der Waals surface area contributed by atoms with Crippen molar-refractivity contribution >= 4 is 29.2 Å². The molecular weight excluding hydrogens is 624 g/mol. The quantitative estimate of drug-likeness (QED) is 0.260. The van der Waals surface area contributed by atoms with Crippen LogP contribution in [0.25, 0.3) is 0 Å². The van der Waals surface area contributed by atoms with E-state index >= 15 is 0 Å². The Labute approximate surface area is 289 Å². The van der Waals surface area contributed by atoms with Gasteiger partial charge in [0.15, 0.2) is 0 Å². The monoisotopic (exact) mass is 674 g/mol. The predicted octanol–water partition coefficient (Wildman–Crippen LogP) is 5.84. The van der Waals surface area contributed by atoms with Gasteiger partial charge in [-0.15, -0.1) is 0 Å². The van der Waals surface area contributed by atoms with Crippen LogP contribution < -0.4 is 20.1 Å². The van der Waals surface area contributed by atoms with E-state index in [-0.39, 0.29) is 55.1 Å². The van der Waals surface area contributed by atoms with Crippen LogP contribution in [0.1, 0.15) is 56.0 Å². The van der Waals surface area contributed by atoms with Crippen LogP contribution in [0.5, 0.6) is 11.5 Å². The number of urea groups is 1. The highest BCUT2D eigenvalue weighted by atomic mass is 16.5. The van der Waals surface area contributed by atoms with E-state index < -0.39 is 12.1 Å². The van der Waals surface area contributed by atoms with Gasteiger partial charge in [-0.3, -0.25) is 9.59 Å². The number of hydrogen-bond acceptors (Lipinski definition) is 7. The number of ether oxygens (including phenoxy) is 3. The number of rotatable bonds is 9. The molecular formula is C38H50N4O7. The summed E-state index contributed by atoms with van der Waals surface area (Å²) in [5.74, 6) is 0.515. The van der Waals surface area contributed by atoms with Crippen molar-refractivity contribution in [3.05, 3.63) is 83.9 Å². The van der Waals surface area contributed by atoms with Crippen LogP contribution >= 0.6 is 0 Å². The molecule has 0 unspecified atom stereocenters. The predicted molar refractivity (Wildman–Crippen MR) is 190 cm³/mol. The van der Waals surface area contributed by atoms with Gasteiger partial charge < -0.3 is 39.8 Å². The van der Waals surface area contributed by atoms with Crippen molar-refractivity contribution in [1.29, 1.82) is 0 Å². The van der Waals surface area contributed by atoms with Gasteiger partial charge in [0.1, 0.15) is 11.5 Å². The zero-order valence-corrected chi connectivity index (χ0v) is 29.2. The number of methoxy groups -OCH3 is 1. The number of nitrogens with zero attached hydrogens (tertiary/aromatic N) is 2. The Morgan fingerprint density at radius 3 is 2.41 bits per heavy atom. The van der Waals surface area contributed by atoms with Gasteiger partial charge in [0.2, 0.25) is 5.91 Å². The maximum Gasteiger partial charge on any atom is 0.323 e. The summed E-state index contributed by atoms with van der Waals surface area (Å²) in [4.78, 5) is 43.7. The Hall–Kier alpha value is -4.61. The largest absolute Gasteiger partial charge is 0.497 e. The lowest BCUT2D eigenvalue weighted by Gasteiger charge is -2.36. The first kappa shape index (κ1) is 37.2. The Balaban J connectivity index is 1.57. The van der Waals surface area contributed by atoms with Crippen molar-refractivity contribution in [3.8, 4) is 11.5 Å². The average molecular weight is 675 g/mol. The van der Waals surface area contributed by atoms with E-state index in [9.17, 15) is 19.5 Å². The van der Waals surface area contributed by atoms with Crippen molar-refractivity contribution in [3.63, 3.8) is 0 Å². The highest BCUT2D eigenvalue weighted by Gasteiger charge is 2.31. The molecule has 1 aliphatic heterocycles. The Bertz CT molecular complexity index is 1520. The number of amides is 4. The lowest BCUT2D eigenvalue weighted by Crippen LogP contribution is -2.48. The highest BCUT2D eigenvalue weighted by Crippen LogP contribution is 2.29. The molecule has 0 bridgehead atoms. The van der Waals surface area contributed by atoms with Crippen LogP contribution in [0.2, 0.25) is 0 Å². The van der Waals surface area contributed by atoms with Crippen LogP contribution in [0.3, 0.4) is 0 Å². The van der Waals surface area contributed by atoms with E-state index in [0.29, 0.717) is 36.0 Å². The second-order valence-electron chi connectivity index (χ2n) is 12.8. The molecule has 0 radical (unpaired) electrons. The van der Waals surface area contributed by atoms with Gasteiger partial charge in [-0.25, -0.2) is 4.79 Å². The minimum Gasteiger partial charge on any atom is -0.497 e. The molecule has 0 spiro atoms.